The zero-order chi connectivity index (χ0) is 24.6. The van der Waals surface area contributed by atoms with Gasteiger partial charge >= 0.3 is 0 Å². The minimum atomic E-state index is -2.07. The van der Waals surface area contributed by atoms with Crippen LogP contribution in [0.1, 0.15) is 43.5 Å². The van der Waals surface area contributed by atoms with Crippen LogP contribution in [-0.4, -0.2) is 29.0 Å². The maximum absolute atomic E-state index is 14.0. The van der Waals surface area contributed by atoms with Crippen molar-refractivity contribution in [2.24, 2.45) is 11.8 Å². The van der Waals surface area contributed by atoms with Crippen molar-refractivity contribution in [3.8, 4) is 0 Å². The molecular weight excluding hydrogens is 510 g/mol. The summed E-state index contributed by atoms with van der Waals surface area (Å²) in [7, 11) is 0. The van der Waals surface area contributed by atoms with Crippen LogP contribution in [0.5, 0.6) is 0 Å². The summed E-state index contributed by atoms with van der Waals surface area (Å²) in [6.07, 6.45) is -0.937. The normalized spacial score (nSPS) is 24.4. The smallest absolute Gasteiger partial charge is 0.241 e. The lowest BCUT2D eigenvalue weighted by Crippen LogP contribution is -2.51. The molecule has 3 aromatic carbocycles. The van der Waals surface area contributed by atoms with E-state index in [1.54, 1.807) is 54.6 Å². The molecule has 0 unspecified atom stereocenters. The van der Waals surface area contributed by atoms with Crippen LogP contribution < -0.4 is 4.90 Å². The molecule has 3 aromatic rings. The Morgan fingerprint density at radius 3 is 2.11 bits per heavy atom. The maximum atomic E-state index is 14.0. The second kappa shape index (κ2) is 7.54. The van der Waals surface area contributed by atoms with E-state index in [1.807, 2.05) is 26.0 Å². The maximum Gasteiger partial charge on any atom is 0.241 e. The number of carbonyl (C=O) groups excluding carboxylic acids is 4. The third kappa shape index (κ3) is 2.85. The molecule has 3 atom stereocenters. The van der Waals surface area contributed by atoms with Crippen LogP contribution in [-0.2, 0) is 14.3 Å². The van der Waals surface area contributed by atoms with Crippen LogP contribution in [0, 0.1) is 25.7 Å². The zero-order valence-corrected chi connectivity index (χ0v) is 20.5. The average Bonchev–Trinajstić information content (AvgIpc) is 3.41. The Kier molecular flexibility index (Phi) is 4.75. The predicted octanol–water partition coefficient (Wildman–Crippen LogP) is 4.76. The van der Waals surface area contributed by atoms with E-state index in [0.717, 1.165) is 20.5 Å². The monoisotopic (exact) mass is 529 g/mol. The molecule has 174 valence electrons. The molecule has 1 spiro atoms. The van der Waals surface area contributed by atoms with Crippen LogP contribution in [0.3, 0.4) is 0 Å². The Morgan fingerprint density at radius 1 is 0.800 bits per heavy atom. The van der Waals surface area contributed by atoms with Crippen molar-refractivity contribution in [2.75, 3.05) is 4.90 Å². The highest BCUT2D eigenvalue weighted by atomic mass is 79.9. The summed E-state index contributed by atoms with van der Waals surface area (Å²) in [6, 6.07) is 19.0. The van der Waals surface area contributed by atoms with Gasteiger partial charge in [-0.25, -0.2) is 4.90 Å². The number of ketones is 2. The van der Waals surface area contributed by atoms with Gasteiger partial charge in [0, 0.05) is 15.6 Å². The first-order chi connectivity index (χ1) is 16.8. The molecule has 35 heavy (non-hydrogen) atoms. The third-order valence-electron chi connectivity index (χ3n) is 7.44. The number of amides is 2. The van der Waals surface area contributed by atoms with Crippen LogP contribution in [0.15, 0.2) is 71.2 Å². The first kappa shape index (κ1) is 22.1. The molecule has 0 radical (unpaired) electrons. The lowest BCUT2D eigenvalue weighted by Gasteiger charge is -2.27. The summed E-state index contributed by atoms with van der Waals surface area (Å²) >= 11 is 3.44. The lowest BCUT2D eigenvalue weighted by atomic mass is 9.77. The number of rotatable bonds is 2. The highest BCUT2D eigenvalue weighted by molar-refractivity contribution is 9.10. The standard InChI is InChI=1S/C28H20BrNO5/c1-14-10-11-18(12-15(14)2)30-26(33)21-22(27(30)34)28(35-23(21)16-6-5-7-17(29)13-16)24(31)19-8-3-4-9-20(19)25(28)32/h3-13,21-23H,1-2H3/t21-,22+,23+/m0/s1. The molecule has 0 aromatic heterocycles. The number of imide groups is 1. The number of nitrogens with zero attached hydrogens (tertiary/aromatic N) is 1. The van der Waals surface area contributed by atoms with Gasteiger partial charge in [0.2, 0.25) is 29.0 Å². The zero-order valence-electron chi connectivity index (χ0n) is 18.9. The first-order valence-corrected chi connectivity index (χ1v) is 12.1. The van der Waals surface area contributed by atoms with Crippen molar-refractivity contribution in [1.29, 1.82) is 0 Å². The number of fused-ring (bicyclic) bond motifs is 3. The van der Waals surface area contributed by atoms with Gasteiger partial charge in [-0.1, -0.05) is 58.4 Å². The minimum absolute atomic E-state index is 0.219. The highest BCUT2D eigenvalue weighted by Gasteiger charge is 2.74. The van der Waals surface area contributed by atoms with Crippen molar-refractivity contribution in [3.05, 3.63) is 99.0 Å². The summed E-state index contributed by atoms with van der Waals surface area (Å²) in [4.78, 5) is 56.5. The molecule has 2 amide bonds. The molecule has 2 aliphatic heterocycles. The summed E-state index contributed by atoms with van der Waals surface area (Å²) in [5, 5.41) is 0. The Bertz CT molecular complexity index is 1440. The van der Waals surface area contributed by atoms with Crippen molar-refractivity contribution >= 4 is 45.0 Å². The Balaban J connectivity index is 1.55. The predicted molar refractivity (Wildman–Crippen MR) is 131 cm³/mol. The number of halogens is 1. The Morgan fingerprint density at radius 2 is 1.49 bits per heavy atom. The number of Topliss-reactive ketones (excluding diaryl/α,β-unsaturated/α-hetero) is 2. The van der Waals surface area contributed by atoms with Gasteiger partial charge in [0.05, 0.1) is 23.6 Å². The van der Waals surface area contributed by atoms with E-state index in [2.05, 4.69) is 15.9 Å². The van der Waals surface area contributed by atoms with Gasteiger partial charge in [0.25, 0.3) is 0 Å². The molecule has 3 aliphatic rings. The van der Waals surface area contributed by atoms with Gasteiger partial charge in [-0.15, -0.1) is 0 Å². The molecule has 6 rings (SSSR count). The number of benzene rings is 3. The van der Waals surface area contributed by atoms with Crippen molar-refractivity contribution in [3.63, 3.8) is 0 Å². The summed E-state index contributed by atoms with van der Waals surface area (Å²) < 4.78 is 7.06. The van der Waals surface area contributed by atoms with Crippen molar-refractivity contribution in [1.82, 2.24) is 0 Å². The van der Waals surface area contributed by atoms with Gasteiger partial charge in [0.15, 0.2) is 0 Å². The van der Waals surface area contributed by atoms with Gasteiger partial charge in [-0.05, 0) is 54.8 Å². The van der Waals surface area contributed by atoms with Crippen LogP contribution in [0.4, 0.5) is 5.69 Å². The van der Waals surface area contributed by atoms with Gasteiger partial charge in [0.1, 0.15) is 0 Å². The summed E-state index contributed by atoms with van der Waals surface area (Å²) in [5.41, 5.74) is 1.36. The minimum Gasteiger partial charge on any atom is -0.349 e. The lowest BCUT2D eigenvalue weighted by molar-refractivity contribution is -0.127. The number of hydrogen-bond donors (Lipinski definition) is 0. The average molecular weight is 530 g/mol. The summed E-state index contributed by atoms with van der Waals surface area (Å²) in [6.45, 7) is 3.85. The van der Waals surface area contributed by atoms with Crippen LogP contribution >= 0.6 is 15.9 Å². The molecule has 0 saturated carbocycles. The fourth-order valence-corrected chi connectivity index (χ4v) is 6.04. The number of carbonyl (C=O) groups is 4. The van der Waals surface area contributed by atoms with E-state index in [1.165, 1.54) is 0 Å². The van der Waals surface area contributed by atoms with E-state index in [-0.39, 0.29) is 11.1 Å². The molecule has 7 heteroatoms. The number of ether oxygens (including phenoxy) is 1. The largest absolute Gasteiger partial charge is 0.349 e. The van der Waals surface area contributed by atoms with Crippen molar-refractivity contribution < 1.29 is 23.9 Å². The van der Waals surface area contributed by atoms with Crippen LogP contribution in [0.2, 0.25) is 0 Å². The van der Waals surface area contributed by atoms with Crippen LogP contribution in [0.25, 0.3) is 0 Å². The fourth-order valence-electron chi connectivity index (χ4n) is 5.62. The topological polar surface area (TPSA) is 80.8 Å². The molecule has 2 heterocycles. The molecule has 0 N–H and O–H groups in total. The Hall–Kier alpha value is -3.42. The van der Waals surface area contributed by atoms with E-state index in [0.29, 0.717) is 11.3 Å². The van der Waals surface area contributed by atoms with E-state index < -0.39 is 46.9 Å². The first-order valence-electron chi connectivity index (χ1n) is 11.3. The fraction of sp³-hybridized carbons (Fsp3) is 0.214. The number of hydrogen-bond acceptors (Lipinski definition) is 5. The van der Waals surface area contributed by atoms with E-state index >= 15 is 0 Å². The number of anilines is 1. The molecule has 1 aliphatic carbocycles. The van der Waals surface area contributed by atoms with E-state index in [9.17, 15) is 19.2 Å². The second-order valence-corrected chi connectivity index (χ2v) is 10.2. The quantitative estimate of drug-likeness (QED) is 0.353. The highest BCUT2D eigenvalue weighted by Crippen LogP contribution is 2.57. The summed E-state index contributed by atoms with van der Waals surface area (Å²) in [5.74, 6) is -4.45. The molecule has 0 bridgehead atoms. The van der Waals surface area contributed by atoms with Gasteiger partial charge in [-0.3, -0.25) is 19.2 Å². The SMILES string of the molecule is Cc1ccc(N2C(=O)[C@@H]3[C@@H](c4cccc(Br)c4)OC4(C(=O)c5ccccc5C4=O)[C@H]3C2=O)cc1C. The second-order valence-electron chi connectivity index (χ2n) is 9.32. The third-order valence-corrected chi connectivity index (χ3v) is 7.94. The number of aryl methyl sites for hydroxylation is 2. The molecule has 2 saturated heterocycles. The van der Waals surface area contributed by atoms with Crippen molar-refractivity contribution in [2.45, 2.75) is 25.6 Å². The Labute approximate surface area is 210 Å². The van der Waals surface area contributed by atoms with E-state index in [4.69, 9.17) is 4.74 Å². The molecule has 6 nitrogen and oxygen atoms in total. The molecule has 2 fully saturated rings. The molecular formula is C28H20BrNO5. The van der Waals surface area contributed by atoms with Gasteiger partial charge in [-0.2, -0.15) is 0 Å². The van der Waals surface area contributed by atoms with Gasteiger partial charge < -0.3 is 4.74 Å².